The van der Waals surface area contributed by atoms with Crippen molar-refractivity contribution in [1.82, 2.24) is 25.5 Å². The maximum Gasteiger partial charge on any atom is 0.230 e. The van der Waals surface area contributed by atoms with Crippen LogP contribution in [0.2, 0.25) is 0 Å². The topological polar surface area (TPSA) is 91.2 Å². The number of fused-ring (bicyclic) bond motifs is 1. The summed E-state index contributed by atoms with van der Waals surface area (Å²) >= 11 is 1.28. The number of thioether (sulfide) groups is 1. The molecule has 3 aromatic rings. The molecule has 0 radical (unpaired) electrons. The first-order chi connectivity index (χ1) is 14.1. The van der Waals surface area contributed by atoms with Crippen molar-refractivity contribution in [3.63, 3.8) is 0 Å². The number of carbonyl (C=O) groups excluding carboxylic acids is 1. The molecule has 0 saturated heterocycles. The van der Waals surface area contributed by atoms with Crippen LogP contribution in [0.25, 0.3) is 5.69 Å². The maximum atomic E-state index is 12.3. The fourth-order valence-corrected chi connectivity index (χ4v) is 3.58. The van der Waals surface area contributed by atoms with E-state index in [1.54, 1.807) is 4.68 Å². The Balaban J connectivity index is 1.30. The lowest BCUT2D eigenvalue weighted by Crippen LogP contribution is -2.41. The molecular formula is C20H21N5O3S. The molecule has 1 aliphatic rings. The molecule has 1 aliphatic heterocycles. The number of ether oxygens (including phenoxy) is 2. The number of amides is 1. The van der Waals surface area contributed by atoms with Crippen LogP contribution in [0.5, 0.6) is 11.5 Å². The van der Waals surface area contributed by atoms with Gasteiger partial charge < -0.3 is 14.8 Å². The molecule has 0 fully saturated rings. The molecule has 4 rings (SSSR count). The molecule has 9 heteroatoms. The van der Waals surface area contributed by atoms with E-state index in [4.69, 9.17) is 9.47 Å². The number of hydrogen-bond acceptors (Lipinski definition) is 7. The first kappa shape index (κ1) is 19.3. The molecule has 1 atom stereocenters. The monoisotopic (exact) mass is 411 g/mol. The number of nitrogens with zero attached hydrogens (tertiary/aromatic N) is 4. The zero-order valence-corrected chi connectivity index (χ0v) is 17.0. The summed E-state index contributed by atoms with van der Waals surface area (Å²) in [6.07, 6.45) is -0.222. The largest absolute Gasteiger partial charge is 0.486 e. The number of nitrogens with one attached hydrogen (secondary N) is 1. The summed E-state index contributed by atoms with van der Waals surface area (Å²) in [6, 6.07) is 13.5. The van der Waals surface area contributed by atoms with Crippen LogP contribution in [0.15, 0.2) is 47.6 Å². The molecule has 0 spiro atoms. The molecule has 1 N–H and O–H groups in total. The van der Waals surface area contributed by atoms with Crippen molar-refractivity contribution in [2.45, 2.75) is 25.1 Å². The van der Waals surface area contributed by atoms with E-state index in [1.807, 2.05) is 49.4 Å². The highest BCUT2D eigenvalue weighted by Gasteiger charge is 2.21. The second-order valence-electron chi connectivity index (χ2n) is 6.73. The Kier molecular flexibility index (Phi) is 5.66. The zero-order chi connectivity index (χ0) is 20.2. The first-order valence-corrected chi connectivity index (χ1v) is 10.2. The van der Waals surface area contributed by atoms with Crippen molar-refractivity contribution < 1.29 is 14.3 Å². The van der Waals surface area contributed by atoms with Gasteiger partial charge in [-0.1, -0.05) is 30.0 Å². The second kappa shape index (κ2) is 8.52. The summed E-state index contributed by atoms with van der Waals surface area (Å²) in [7, 11) is 0. The van der Waals surface area contributed by atoms with Crippen LogP contribution in [-0.2, 0) is 4.79 Å². The van der Waals surface area contributed by atoms with Crippen LogP contribution in [0.3, 0.4) is 0 Å². The predicted octanol–water partition coefficient (Wildman–Crippen LogP) is 2.33. The zero-order valence-electron chi connectivity index (χ0n) is 16.2. The van der Waals surface area contributed by atoms with Crippen molar-refractivity contribution in [2.75, 3.05) is 18.9 Å². The summed E-state index contributed by atoms with van der Waals surface area (Å²) in [5.41, 5.74) is 3.22. The molecule has 0 bridgehead atoms. The molecular weight excluding hydrogens is 390 g/mol. The van der Waals surface area contributed by atoms with Crippen LogP contribution < -0.4 is 14.8 Å². The van der Waals surface area contributed by atoms with Crippen LogP contribution in [0.1, 0.15) is 11.1 Å². The van der Waals surface area contributed by atoms with Gasteiger partial charge in [-0.15, -0.1) is 5.10 Å². The third kappa shape index (κ3) is 4.51. The average Bonchev–Trinajstić information content (AvgIpc) is 3.21. The number of hydrogen-bond donors (Lipinski definition) is 1. The van der Waals surface area contributed by atoms with E-state index in [1.165, 1.54) is 17.3 Å². The van der Waals surface area contributed by atoms with Crippen LogP contribution in [0.4, 0.5) is 0 Å². The van der Waals surface area contributed by atoms with Gasteiger partial charge in [-0.3, -0.25) is 4.79 Å². The molecule has 29 heavy (non-hydrogen) atoms. The van der Waals surface area contributed by atoms with Crippen molar-refractivity contribution in [1.29, 1.82) is 0 Å². The summed E-state index contributed by atoms with van der Waals surface area (Å²) in [4.78, 5) is 12.3. The number of aromatic nitrogens is 4. The second-order valence-corrected chi connectivity index (χ2v) is 7.67. The lowest BCUT2D eigenvalue weighted by atomic mass is 10.1. The normalized spacial score (nSPS) is 15.2. The van der Waals surface area contributed by atoms with Crippen LogP contribution in [-0.4, -0.2) is 51.1 Å². The van der Waals surface area contributed by atoms with Crippen molar-refractivity contribution in [2.24, 2.45) is 0 Å². The smallest absolute Gasteiger partial charge is 0.230 e. The quantitative estimate of drug-likeness (QED) is 0.623. The Bertz CT molecular complexity index is 1020. The number of aryl methyl sites for hydroxylation is 2. The average molecular weight is 411 g/mol. The van der Waals surface area contributed by atoms with Crippen molar-refractivity contribution in [3.8, 4) is 17.2 Å². The molecule has 0 saturated carbocycles. The Morgan fingerprint density at radius 1 is 1.21 bits per heavy atom. The standard InChI is InChI=1S/C20H21N5O3S/c1-13-7-8-15(9-14(13)2)25-20(22-23-24-25)29-12-19(26)21-10-16-11-27-17-5-3-4-6-18(17)28-16/h3-9,16H,10-12H2,1-2H3,(H,21,26)/t16-/m0/s1. The predicted molar refractivity (Wildman–Crippen MR) is 109 cm³/mol. The molecule has 0 aliphatic carbocycles. The van der Waals surface area contributed by atoms with E-state index in [0.29, 0.717) is 24.1 Å². The molecule has 2 heterocycles. The highest BCUT2D eigenvalue weighted by atomic mass is 32.2. The Morgan fingerprint density at radius 2 is 2.03 bits per heavy atom. The van der Waals surface area contributed by atoms with Gasteiger partial charge in [-0.25, -0.2) is 0 Å². The van der Waals surface area contributed by atoms with Gasteiger partial charge in [0, 0.05) is 0 Å². The molecule has 2 aromatic carbocycles. The lowest BCUT2D eigenvalue weighted by molar-refractivity contribution is -0.119. The van der Waals surface area contributed by atoms with Crippen molar-refractivity contribution in [3.05, 3.63) is 53.6 Å². The lowest BCUT2D eigenvalue weighted by Gasteiger charge is -2.26. The van der Waals surface area contributed by atoms with E-state index in [2.05, 4.69) is 27.8 Å². The number of carbonyl (C=O) groups is 1. The molecule has 150 valence electrons. The van der Waals surface area contributed by atoms with E-state index < -0.39 is 0 Å². The molecule has 1 amide bonds. The molecule has 0 unspecified atom stereocenters. The third-order valence-electron chi connectivity index (χ3n) is 4.60. The minimum atomic E-state index is -0.222. The van der Waals surface area contributed by atoms with Crippen LogP contribution >= 0.6 is 11.8 Å². The first-order valence-electron chi connectivity index (χ1n) is 9.24. The number of benzene rings is 2. The highest BCUT2D eigenvalue weighted by molar-refractivity contribution is 7.99. The van der Waals surface area contributed by atoms with Gasteiger partial charge in [-0.05, 0) is 59.7 Å². The fourth-order valence-electron chi connectivity index (χ4n) is 2.86. The van der Waals surface area contributed by atoms with Gasteiger partial charge in [0.25, 0.3) is 0 Å². The van der Waals surface area contributed by atoms with Crippen molar-refractivity contribution >= 4 is 17.7 Å². The van der Waals surface area contributed by atoms with Crippen LogP contribution in [0, 0.1) is 13.8 Å². The number of para-hydroxylation sites is 2. The van der Waals surface area contributed by atoms with Gasteiger partial charge in [0.15, 0.2) is 11.5 Å². The van der Waals surface area contributed by atoms with E-state index in [9.17, 15) is 4.79 Å². The van der Waals surface area contributed by atoms with Gasteiger partial charge in [0.2, 0.25) is 11.1 Å². The van der Waals surface area contributed by atoms with Gasteiger partial charge in [0.1, 0.15) is 12.7 Å². The minimum Gasteiger partial charge on any atom is -0.486 e. The molecule has 8 nitrogen and oxygen atoms in total. The number of rotatable bonds is 6. The maximum absolute atomic E-state index is 12.3. The SMILES string of the molecule is Cc1ccc(-n2nnnc2SCC(=O)NC[C@H]2COc3ccccc3O2)cc1C. The van der Waals surface area contributed by atoms with E-state index in [0.717, 1.165) is 17.0 Å². The fraction of sp³-hybridized carbons (Fsp3) is 0.300. The van der Waals surface area contributed by atoms with E-state index in [-0.39, 0.29) is 17.8 Å². The van der Waals surface area contributed by atoms with Gasteiger partial charge >= 0.3 is 0 Å². The summed E-state index contributed by atoms with van der Waals surface area (Å²) in [5.74, 6) is 1.51. The van der Waals surface area contributed by atoms with Gasteiger partial charge in [0.05, 0.1) is 18.0 Å². The summed E-state index contributed by atoms with van der Waals surface area (Å²) in [5, 5.41) is 15.3. The Hall–Kier alpha value is -3.07. The summed E-state index contributed by atoms with van der Waals surface area (Å²) < 4.78 is 13.1. The highest BCUT2D eigenvalue weighted by Crippen LogP contribution is 2.30. The van der Waals surface area contributed by atoms with E-state index >= 15 is 0 Å². The minimum absolute atomic E-state index is 0.118. The summed E-state index contributed by atoms with van der Waals surface area (Å²) in [6.45, 7) is 4.86. The van der Waals surface area contributed by atoms with Gasteiger partial charge in [-0.2, -0.15) is 4.68 Å². The molecule has 1 aromatic heterocycles. The third-order valence-corrected chi connectivity index (χ3v) is 5.52. The number of tetrazole rings is 1. The Morgan fingerprint density at radius 3 is 2.86 bits per heavy atom. The Labute approximate surface area is 172 Å².